The van der Waals surface area contributed by atoms with E-state index in [2.05, 4.69) is 0 Å². The molecule has 1 heterocycles. The number of carbonyl (C=O) groups is 2. The Labute approximate surface area is 105 Å². The van der Waals surface area contributed by atoms with Crippen molar-refractivity contribution in [2.24, 2.45) is 0 Å². The highest BCUT2D eigenvalue weighted by molar-refractivity contribution is 5.78. The Hall–Kier alpha value is -2.04. The van der Waals surface area contributed by atoms with Gasteiger partial charge in [0.15, 0.2) is 0 Å². The van der Waals surface area contributed by atoms with Crippen LogP contribution < -0.4 is 0 Å². The maximum Gasteiger partial charge on any atom is 0.410 e. The third-order valence-electron chi connectivity index (χ3n) is 2.91. The Morgan fingerprint density at radius 2 is 1.78 bits per heavy atom. The molecule has 0 aliphatic carbocycles. The molecule has 1 amide bonds. The fourth-order valence-corrected chi connectivity index (χ4v) is 1.96. The number of amides is 1. The predicted molar refractivity (Wildman–Crippen MR) is 64.1 cm³/mol. The fourth-order valence-electron chi connectivity index (χ4n) is 1.96. The Morgan fingerprint density at radius 3 is 2.33 bits per heavy atom. The first-order valence-electron chi connectivity index (χ1n) is 5.92. The van der Waals surface area contributed by atoms with Crippen molar-refractivity contribution >= 4 is 12.1 Å². The lowest BCUT2D eigenvalue weighted by molar-refractivity contribution is -0.147. The van der Waals surface area contributed by atoms with Crippen molar-refractivity contribution in [3.05, 3.63) is 35.9 Å². The molecule has 1 N–H and O–H groups in total. The van der Waals surface area contributed by atoms with Crippen LogP contribution >= 0.6 is 0 Å². The molecule has 1 atom stereocenters. The Morgan fingerprint density at radius 1 is 1.17 bits per heavy atom. The van der Waals surface area contributed by atoms with Crippen LogP contribution in [-0.4, -0.2) is 35.2 Å². The largest absolute Gasteiger partial charge is 0.478 e. The maximum absolute atomic E-state index is 11.8. The number of carbonyl (C=O) groups excluding carboxylic acids is 1. The molecule has 1 aliphatic heterocycles. The number of carboxylic acid groups (broad SMARTS) is 1. The summed E-state index contributed by atoms with van der Waals surface area (Å²) in [5.41, 5.74) is 0.470. The second-order valence-corrected chi connectivity index (χ2v) is 4.21. The molecule has 5 nitrogen and oxygen atoms in total. The van der Waals surface area contributed by atoms with Gasteiger partial charge in [0.25, 0.3) is 0 Å². The highest BCUT2D eigenvalue weighted by Gasteiger charge is 2.28. The van der Waals surface area contributed by atoms with Crippen molar-refractivity contribution in [1.29, 1.82) is 0 Å². The fraction of sp³-hybridized carbons (Fsp3) is 0.385. The summed E-state index contributed by atoms with van der Waals surface area (Å²) < 4.78 is 5.07. The van der Waals surface area contributed by atoms with Crippen LogP contribution in [0.1, 0.15) is 24.5 Å². The quantitative estimate of drug-likeness (QED) is 0.890. The summed E-state index contributed by atoms with van der Waals surface area (Å²) in [6, 6.07) is 8.49. The molecule has 1 aromatic rings. The molecule has 1 aromatic carbocycles. The van der Waals surface area contributed by atoms with Gasteiger partial charge < -0.3 is 14.7 Å². The minimum atomic E-state index is -1.24. The molecule has 0 aromatic heterocycles. The van der Waals surface area contributed by atoms with E-state index >= 15 is 0 Å². The lowest BCUT2D eigenvalue weighted by Gasteiger charge is -2.19. The zero-order valence-corrected chi connectivity index (χ0v) is 9.91. The van der Waals surface area contributed by atoms with Crippen LogP contribution in [0.2, 0.25) is 0 Å². The van der Waals surface area contributed by atoms with Gasteiger partial charge >= 0.3 is 12.1 Å². The van der Waals surface area contributed by atoms with Gasteiger partial charge in [-0.2, -0.15) is 0 Å². The number of carboxylic acids is 1. The van der Waals surface area contributed by atoms with Crippen molar-refractivity contribution in [2.45, 2.75) is 18.9 Å². The van der Waals surface area contributed by atoms with Gasteiger partial charge in [-0.15, -0.1) is 0 Å². The van der Waals surface area contributed by atoms with E-state index in [4.69, 9.17) is 9.84 Å². The molecular formula is C13H15NO4. The molecule has 0 saturated carbocycles. The molecule has 0 spiro atoms. The molecular weight excluding hydrogens is 234 g/mol. The maximum atomic E-state index is 11.8. The average molecular weight is 249 g/mol. The molecule has 5 heteroatoms. The minimum absolute atomic E-state index is 0.470. The monoisotopic (exact) mass is 249 g/mol. The van der Waals surface area contributed by atoms with Crippen molar-refractivity contribution in [3.8, 4) is 0 Å². The summed E-state index contributed by atoms with van der Waals surface area (Å²) in [6.45, 7) is 1.28. The number of ether oxygens (including phenoxy) is 1. The normalized spacial score (nSPS) is 16.3. The van der Waals surface area contributed by atoms with Crippen LogP contribution in [0.5, 0.6) is 0 Å². The molecule has 96 valence electrons. The highest BCUT2D eigenvalue weighted by atomic mass is 16.6. The van der Waals surface area contributed by atoms with Gasteiger partial charge in [0.2, 0.25) is 6.10 Å². The highest BCUT2D eigenvalue weighted by Crippen LogP contribution is 2.20. The number of hydrogen-bond acceptors (Lipinski definition) is 3. The Kier molecular flexibility index (Phi) is 3.82. The van der Waals surface area contributed by atoms with Crippen LogP contribution in [-0.2, 0) is 9.53 Å². The van der Waals surface area contributed by atoms with Gasteiger partial charge in [-0.05, 0) is 12.8 Å². The smallest absolute Gasteiger partial charge is 0.410 e. The van der Waals surface area contributed by atoms with Crippen LogP contribution in [0.3, 0.4) is 0 Å². The second kappa shape index (κ2) is 5.53. The number of aliphatic carboxylic acids is 1. The third kappa shape index (κ3) is 2.80. The van der Waals surface area contributed by atoms with E-state index in [9.17, 15) is 9.59 Å². The summed E-state index contributed by atoms with van der Waals surface area (Å²) in [4.78, 5) is 24.5. The van der Waals surface area contributed by atoms with Crippen LogP contribution in [0.15, 0.2) is 30.3 Å². The van der Waals surface area contributed by atoms with Crippen LogP contribution in [0.25, 0.3) is 0 Å². The van der Waals surface area contributed by atoms with Crippen molar-refractivity contribution < 1.29 is 19.4 Å². The van der Waals surface area contributed by atoms with E-state index in [0.717, 1.165) is 12.8 Å². The van der Waals surface area contributed by atoms with E-state index in [1.807, 2.05) is 0 Å². The van der Waals surface area contributed by atoms with Gasteiger partial charge in [0, 0.05) is 18.7 Å². The van der Waals surface area contributed by atoms with Crippen LogP contribution in [0.4, 0.5) is 4.79 Å². The number of hydrogen-bond donors (Lipinski definition) is 1. The van der Waals surface area contributed by atoms with E-state index in [-0.39, 0.29) is 0 Å². The summed E-state index contributed by atoms with van der Waals surface area (Å²) in [5.74, 6) is -1.16. The van der Waals surface area contributed by atoms with Gasteiger partial charge in [0.05, 0.1) is 0 Å². The number of rotatable bonds is 3. The lowest BCUT2D eigenvalue weighted by atomic mass is 10.1. The van der Waals surface area contributed by atoms with Crippen molar-refractivity contribution in [1.82, 2.24) is 4.90 Å². The Bertz CT molecular complexity index is 426. The number of benzene rings is 1. The molecule has 18 heavy (non-hydrogen) atoms. The molecule has 0 radical (unpaired) electrons. The molecule has 0 bridgehead atoms. The first-order chi connectivity index (χ1) is 8.68. The van der Waals surface area contributed by atoms with E-state index in [0.29, 0.717) is 18.7 Å². The molecule has 2 rings (SSSR count). The summed E-state index contributed by atoms with van der Waals surface area (Å²) in [6.07, 6.45) is 0.0964. The SMILES string of the molecule is O=C(O)[C@@H](OC(=O)N1CCCC1)c1ccccc1. The topological polar surface area (TPSA) is 66.8 Å². The van der Waals surface area contributed by atoms with Gasteiger partial charge in [-0.25, -0.2) is 9.59 Å². The predicted octanol–water partition coefficient (Wildman–Crippen LogP) is 2.04. The molecule has 1 fully saturated rings. The molecule has 1 saturated heterocycles. The molecule has 1 aliphatic rings. The third-order valence-corrected chi connectivity index (χ3v) is 2.91. The van der Waals surface area contributed by atoms with Crippen molar-refractivity contribution in [3.63, 3.8) is 0 Å². The average Bonchev–Trinajstić information content (AvgIpc) is 2.90. The van der Waals surface area contributed by atoms with Gasteiger partial charge in [-0.3, -0.25) is 0 Å². The first-order valence-corrected chi connectivity index (χ1v) is 5.92. The second-order valence-electron chi connectivity index (χ2n) is 4.21. The Balaban J connectivity index is 2.07. The summed E-state index contributed by atoms with van der Waals surface area (Å²) >= 11 is 0. The zero-order valence-electron chi connectivity index (χ0n) is 9.91. The lowest BCUT2D eigenvalue weighted by Crippen LogP contribution is -2.31. The summed E-state index contributed by atoms with van der Waals surface area (Å²) in [5, 5.41) is 9.12. The summed E-state index contributed by atoms with van der Waals surface area (Å²) in [7, 11) is 0. The van der Waals surface area contributed by atoms with E-state index < -0.39 is 18.2 Å². The van der Waals surface area contributed by atoms with E-state index in [1.54, 1.807) is 35.2 Å². The first kappa shape index (κ1) is 12.4. The number of nitrogens with zero attached hydrogens (tertiary/aromatic N) is 1. The van der Waals surface area contributed by atoms with Gasteiger partial charge in [0.1, 0.15) is 0 Å². The van der Waals surface area contributed by atoms with E-state index in [1.165, 1.54) is 0 Å². The van der Waals surface area contributed by atoms with Crippen molar-refractivity contribution in [2.75, 3.05) is 13.1 Å². The van der Waals surface area contributed by atoms with Gasteiger partial charge in [-0.1, -0.05) is 30.3 Å². The number of likely N-dealkylation sites (tertiary alicyclic amines) is 1. The van der Waals surface area contributed by atoms with Crippen LogP contribution in [0, 0.1) is 0 Å². The minimum Gasteiger partial charge on any atom is -0.478 e. The standard InChI is InChI=1S/C13H15NO4/c15-12(16)11(10-6-2-1-3-7-10)18-13(17)14-8-4-5-9-14/h1-3,6-7,11H,4-5,8-9H2,(H,15,16)/t11-/m0/s1. The molecule has 0 unspecified atom stereocenters. The zero-order chi connectivity index (χ0) is 13.0.